The number of benzene rings is 1. The molecular weight excluding hydrogens is 283 g/mol. The minimum atomic E-state index is -3.65. The fraction of sp³-hybridized carbons (Fsp3) is 0.300. The fourth-order valence-electron chi connectivity index (χ4n) is 1.12. The maximum atomic E-state index is 11.8. The lowest BCUT2D eigenvalue weighted by Gasteiger charge is -2.11. The van der Waals surface area contributed by atoms with Gasteiger partial charge in [-0.3, -0.25) is 0 Å². The molecule has 0 bridgehead atoms. The van der Waals surface area contributed by atoms with Gasteiger partial charge < -0.3 is 0 Å². The van der Waals surface area contributed by atoms with Gasteiger partial charge in [-0.2, -0.15) is 5.26 Å². The van der Waals surface area contributed by atoms with Gasteiger partial charge in [0.05, 0.1) is 15.5 Å². The Morgan fingerprint density at radius 2 is 2.18 bits per heavy atom. The van der Waals surface area contributed by atoms with E-state index in [2.05, 4.69) is 4.72 Å². The van der Waals surface area contributed by atoms with E-state index >= 15 is 0 Å². The van der Waals surface area contributed by atoms with Crippen molar-refractivity contribution < 1.29 is 8.42 Å². The zero-order valence-corrected chi connectivity index (χ0v) is 11.3. The van der Waals surface area contributed by atoms with Crippen LogP contribution in [0.3, 0.4) is 0 Å². The maximum Gasteiger partial charge on any atom is 0.240 e. The van der Waals surface area contributed by atoms with Crippen LogP contribution in [0.5, 0.6) is 0 Å². The van der Waals surface area contributed by atoms with Crippen LogP contribution in [0.25, 0.3) is 0 Å². The van der Waals surface area contributed by atoms with Crippen LogP contribution in [0.2, 0.25) is 5.02 Å². The molecule has 1 unspecified atom stereocenters. The molecule has 0 spiro atoms. The van der Waals surface area contributed by atoms with Gasteiger partial charge in [0.1, 0.15) is 6.07 Å². The largest absolute Gasteiger partial charge is 0.240 e. The highest BCUT2D eigenvalue weighted by Gasteiger charge is 2.17. The Morgan fingerprint density at radius 3 is 2.65 bits per heavy atom. The molecule has 1 N–H and O–H groups in total. The summed E-state index contributed by atoms with van der Waals surface area (Å²) in [6.07, 6.45) is 0. The molecule has 0 saturated heterocycles. The molecule has 0 aliphatic heterocycles. The highest BCUT2D eigenvalue weighted by atomic mass is 35.5. The molecule has 4 nitrogen and oxygen atoms in total. The number of hydrogen-bond acceptors (Lipinski definition) is 3. The van der Waals surface area contributed by atoms with Crippen LogP contribution in [0, 0.1) is 11.3 Å². The zero-order chi connectivity index (χ0) is 13.1. The van der Waals surface area contributed by atoms with Crippen molar-refractivity contribution in [3.05, 3.63) is 28.8 Å². The van der Waals surface area contributed by atoms with Crippen molar-refractivity contribution in [3.8, 4) is 6.07 Å². The van der Waals surface area contributed by atoms with Gasteiger partial charge in [-0.1, -0.05) is 11.6 Å². The molecule has 92 valence electrons. The second-order valence-corrected chi connectivity index (χ2v) is 5.86. The molecule has 0 aliphatic rings. The quantitative estimate of drug-likeness (QED) is 0.864. The van der Waals surface area contributed by atoms with Crippen molar-refractivity contribution in [2.45, 2.75) is 17.9 Å². The van der Waals surface area contributed by atoms with Crippen LogP contribution in [-0.4, -0.2) is 20.3 Å². The minimum Gasteiger partial charge on any atom is -0.207 e. The van der Waals surface area contributed by atoms with Gasteiger partial charge in [-0.05, 0) is 25.1 Å². The van der Waals surface area contributed by atoms with E-state index in [-0.39, 0.29) is 27.4 Å². The number of rotatable bonds is 4. The first-order valence-electron chi connectivity index (χ1n) is 4.68. The van der Waals surface area contributed by atoms with Crippen molar-refractivity contribution >= 4 is 33.2 Å². The smallest absolute Gasteiger partial charge is 0.207 e. The van der Waals surface area contributed by atoms with Gasteiger partial charge in [0.15, 0.2) is 0 Å². The number of sulfonamides is 1. The van der Waals surface area contributed by atoms with Crippen LogP contribution >= 0.6 is 23.2 Å². The summed E-state index contributed by atoms with van der Waals surface area (Å²) in [7, 11) is -3.65. The first kappa shape index (κ1) is 14.3. The Morgan fingerprint density at radius 1 is 1.53 bits per heavy atom. The molecule has 1 aromatic carbocycles. The number of nitrogens with zero attached hydrogens (tertiary/aromatic N) is 1. The molecule has 0 aliphatic carbocycles. The first-order valence-corrected chi connectivity index (χ1v) is 7.08. The Kier molecular flexibility index (Phi) is 4.78. The van der Waals surface area contributed by atoms with E-state index in [0.717, 1.165) is 0 Å². The third-order valence-corrected chi connectivity index (χ3v) is 4.32. The van der Waals surface area contributed by atoms with E-state index in [9.17, 15) is 8.42 Å². The van der Waals surface area contributed by atoms with E-state index in [1.165, 1.54) is 18.2 Å². The van der Waals surface area contributed by atoms with E-state index in [4.69, 9.17) is 28.5 Å². The van der Waals surface area contributed by atoms with Crippen molar-refractivity contribution in [2.24, 2.45) is 0 Å². The summed E-state index contributed by atoms with van der Waals surface area (Å²) in [5.41, 5.74) is 0.232. The van der Waals surface area contributed by atoms with Crippen molar-refractivity contribution in [1.82, 2.24) is 4.72 Å². The van der Waals surface area contributed by atoms with Crippen molar-refractivity contribution in [1.29, 1.82) is 5.26 Å². The van der Waals surface area contributed by atoms with Gasteiger partial charge in [-0.15, -0.1) is 11.6 Å². The maximum absolute atomic E-state index is 11.8. The van der Waals surface area contributed by atoms with E-state index < -0.39 is 10.0 Å². The number of nitriles is 1. The van der Waals surface area contributed by atoms with Gasteiger partial charge >= 0.3 is 0 Å². The lowest BCUT2D eigenvalue weighted by molar-refractivity contribution is 0.570. The topological polar surface area (TPSA) is 70.0 Å². The molecule has 0 fully saturated rings. The molecule has 0 amide bonds. The third-order valence-electron chi connectivity index (χ3n) is 1.96. The molecule has 17 heavy (non-hydrogen) atoms. The Labute approximate surface area is 110 Å². The Hall–Kier alpha value is -0.800. The van der Waals surface area contributed by atoms with Gasteiger partial charge in [0.2, 0.25) is 10.0 Å². The average molecular weight is 293 g/mol. The fourth-order valence-corrected chi connectivity index (χ4v) is 2.84. The zero-order valence-electron chi connectivity index (χ0n) is 8.94. The summed E-state index contributed by atoms with van der Waals surface area (Å²) in [5, 5.41) is 8.78. The Balaban J connectivity index is 3.09. The van der Waals surface area contributed by atoms with Gasteiger partial charge in [0.25, 0.3) is 0 Å². The third kappa shape index (κ3) is 3.58. The summed E-state index contributed by atoms with van der Waals surface area (Å²) in [6, 6.07) is 5.41. The van der Waals surface area contributed by atoms with Crippen molar-refractivity contribution in [2.75, 3.05) is 5.88 Å². The summed E-state index contributed by atoms with van der Waals surface area (Å²) >= 11 is 11.3. The number of hydrogen-bond donors (Lipinski definition) is 1. The molecule has 7 heteroatoms. The number of alkyl halides is 1. The van der Waals surface area contributed by atoms with Crippen LogP contribution < -0.4 is 4.72 Å². The molecule has 0 saturated carbocycles. The monoisotopic (exact) mass is 292 g/mol. The highest BCUT2D eigenvalue weighted by molar-refractivity contribution is 7.89. The predicted octanol–water partition coefficient (Wildman–Crippen LogP) is 2.12. The SMILES string of the molecule is CC(CCl)NS(=O)(=O)c1ccc(C#N)c(Cl)c1. The van der Waals surface area contributed by atoms with E-state index in [0.29, 0.717) is 0 Å². The Bertz CT molecular complexity index is 552. The summed E-state index contributed by atoms with van der Waals surface area (Å²) in [4.78, 5) is 0.0125. The molecule has 1 rings (SSSR count). The lowest BCUT2D eigenvalue weighted by atomic mass is 10.2. The molecule has 0 radical (unpaired) electrons. The van der Waals surface area contributed by atoms with E-state index in [1.807, 2.05) is 6.07 Å². The normalized spacial score (nSPS) is 13.1. The van der Waals surface area contributed by atoms with Gasteiger partial charge in [0, 0.05) is 11.9 Å². The molecule has 0 heterocycles. The second kappa shape index (κ2) is 5.69. The van der Waals surface area contributed by atoms with Crippen molar-refractivity contribution in [3.63, 3.8) is 0 Å². The molecule has 1 aromatic rings. The van der Waals surface area contributed by atoms with Crippen LogP contribution in [-0.2, 0) is 10.0 Å². The number of nitrogens with one attached hydrogen (secondary N) is 1. The molecular formula is C10H10Cl2N2O2S. The summed E-state index contributed by atoms with van der Waals surface area (Å²) in [5.74, 6) is 0.170. The van der Waals surface area contributed by atoms with Gasteiger partial charge in [-0.25, -0.2) is 13.1 Å². The number of halogens is 2. The second-order valence-electron chi connectivity index (χ2n) is 3.43. The predicted molar refractivity (Wildman–Crippen MR) is 66.7 cm³/mol. The molecule has 0 aromatic heterocycles. The van der Waals surface area contributed by atoms with Crippen LogP contribution in [0.1, 0.15) is 12.5 Å². The van der Waals surface area contributed by atoms with Crippen LogP contribution in [0.15, 0.2) is 23.1 Å². The molecule has 1 atom stereocenters. The summed E-state index contributed by atoms with van der Waals surface area (Å²) in [6.45, 7) is 1.65. The van der Waals surface area contributed by atoms with E-state index in [1.54, 1.807) is 6.92 Å². The minimum absolute atomic E-state index is 0.0125. The highest BCUT2D eigenvalue weighted by Crippen LogP contribution is 2.20. The van der Waals surface area contributed by atoms with Crippen LogP contribution in [0.4, 0.5) is 0 Å². The standard InChI is InChI=1S/C10H10Cl2N2O2S/c1-7(5-11)14-17(15,16)9-3-2-8(6-13)10(12)4-9/h2-4,7,14H,5H2,1H3. The average Bonchev–Trinajstić information content (AvgIpc) is 2.28. The lowest BCUT2D eigenvalue weighted by Crippen LogP contribution is -2.33. The first-order chi connectivity index (χ1) is 7.90. The summed E-state index contributed by atoms with van der Waals surface area (Å²) < 4.78 is 26.1.